The zero-order chi connectivity index (χ0) is 18.4. The molecule has 0 fully saturated rings. The fourth-order valence-corrected chi connectivity index (χ4v) is 3.64. The Bertz CT molecular complexity index is 836. The van der Waals surface area contributed by atoms with Gasteiger partial charge in [-0.15, -0.1) is 36.2 Å². The number of methoxy groups -OCH3 is 1. The zero-order valence-electron chi connectivity index (χ0n) is 15.9. The molecule has 0 spiro atoms. The molecule has 1 aromatic heterocycles. The maximum atomic E-state index is 11.1. The van der Waals surface area contributed by atoms with Crippen molar-refractivity contribution in [3.05, 3.63) is 53.1 Å². The van der Waals surface area contributed by atoms with Crippen molar-refractivity contribution in [3.63, 3.8) is 0 Å². The summed E-state index contributed by atoms with van der Waals surface area (Å²) >= 11 is 1.46. The highest BCUT2D eigenvalue weighted by Crippen LogP contribution is 2.25. The van der Waals surface area contributed by atoms with Crippen molar-refractivity contribution < 1.29 is 9.53 Å². The van der Waals surface area contributed by atoms with Crippen molar-refractivity contribution in [1.82, 2.24) is 9.88 Å². The van der Waals surface area contributed by atoms with E-state index >= 15 is 0 Å². The number of amides is 1. The third kappa shape index (κ3) is 6.95. The van der Waals surface area contributed by atoms with Gasteiger partial charge in [0, 0.05) is 31.9 Å². The maximum absolute atomic E-state index is 11.1. The van der Waals surface area contributed by atoms with Gasteiger partial charge in [0.25, 0.3) is 0 Å². The third-order valence-electron chi connectivity index (χ3n) is 4.11. The van der Waals surface area contributed by atoms with Crippen LogP contribution in [0.5, 0.6) is 5.75 Å². The lowest BCUT2D eigenvalue weighted by molar-refractivity contribution is -0.114. The number of anilines is 1. The summed E-state index contributed by atoms with van der Waals surface area (Å²) in [7, 11) is 1.68. The number of benzene rings is 1. The summed E-state index contributed by atoms with van der Waals surface area (Å²) in [6.45, 7) is 4.29. The molecular weight excluding hydrogens is 417 g/mol. The summed E-state index contributed by atoms with van der Waals surface area (Å²) in [5.41, 5.74) is 3.32. The lowest BCUT2D eigenvalue weighted by Gasteiger charge is -2.25. The predicted octanol–water partition coefficient (Wildman–Crippen LogP) is 4.76. The third-order valence-corrected chi connectivity index (χ3v) is 4.87. The molecule has 3 rings (SSSR count). The molecule has 1 amide bonds. The Labute approximate surface area is 182 Å². The largest absolute Gasteiger partial charge is 0.497 e. The van der Waals surface area contributed by atoms with E-state index in [1.165, 1.54) is 23.8 Å². The van der Waals surface area contributed by atoms with Crippen molar-refractivity contribution in [3.8, 4) is 5.75 Å². The quantitative estimate of drug-likeness (QED) is 0.701. The monoisotopic (exact) mass is 441 g/mol. The molecule has 0 aliphatic carbocycles. The standard InChI is InChI=1S/C20H23N3O2S.2ClH/c1-15(24)21-20-22-19(14-26-20)17-8-5-11-23(13-17)10-4-7-16-6-3-9-18(12-16)25-2;;/h3-4,6-9,12,14H,5,10-11,13H2,1-2H3,(H,21,22,24);2*1H. The SMILES string of the molecule is COc1cccc(C=CCN2CCC=C(c3csc(NC(C)=O)n3)C2)c1.Cl.Cl. The van der Waals surface area contributed by atoms with E-state index in [0.29, 0.717) is 5.13 Å². The smallest absolute Gasteiger partial charge is 0.223 e. The van der Waals surface area contributed by atoms with Gasteiger partial charge in [0.15, 0.2) is 5.13 Å². The molecule has 0 unspecified atom stereocenters. The Balaban J connectivity index is 0.00000196. The first-order valence-corrected chi connectivity index (χ1v) is 9.47. The van der Waals surface area contributed by atoms with E-state index in [0.717, 1.165) is 43.1 Å². The lowest BCUT2D eigenvalue weighted by atomic mass is 10.1. The molecule has 152 valence electrons. The zero-order valence-corrected chi connectivity index (χ0v) is 18.3. The number of nitrogens with one attached hydrogen (secondary N) is 1. The summed E-state index contributed by atoms with van der Waals surface area (Å²) in [4.78, 5) is 18.1. The van der Waals surface area contributed by atoms with E-state index in [4.69, 9.17) is 4.74 Å². The van der Waals surface area contributed by atoms with E-state index in [1.807, 2.05) is 23.6 Å². The van der Waals surface area contributed by atoms with E-state index in [2.05, 4.69) is 39.5 Å². The minimum Gasteiger partial charge on any atom is -0.497 e. The predicted molar refractivity (Wildman–Crippen MR) is 122 cm³/mol. The molecular formula is C20H25Cl2N3O2S. The van der Waals surface area contributed by atoms with Gasteiger partial charge in [0.2, 0.25) is 5.91 Å². The van der Waals surface area contributed by atoms with Crippen LogP contribution in [0.4, 0.5) is 5.13 Å². The number of hydrogen-bond donors (Lipinski definition) is 1. The topological polar surface area (TPSA) is 54.5 Å². The fourth-order valence-electron chi connectivity index (χ4n) is 2.86. The first kappa shape index (κ1) is 24.2. The average molecular weight is 442 g/mol. The van der Waals surface area contributed by atoms with Crippen LogP contribution in [0.1, 0.15) is 24.6 Å². The van der Waals surface area contributed by atoms with Crippen molar-refractivity contribution in [2.45, 2.75) is 13.3 Å². The molecule has 0 saturated heterocycles. The molecule has 1 aliphatic heterocycles. The number of nitrogens with zero attached hydrogens (tertiary/aromatic N) is 2. The molecule has 0 radical (unpaired) electrons. The number of hydrogen-bond acceptors (Lipinski definition) is 5. The maximum Gasteiger partial charge on any atom is 0.223 e. The number of thiazole rings is 1. The van der Waals surface area contributed by atoms with Gasteiger partial charge in [-0.25, -0.2) is 4.98 Å². The Morgan fingerprint density at radius 3 is 2.96 bits per heavy atom. The van der Waals surface area contributed by atoms with E-state index < -0.39 is 0 Å². The normalized spacial score (nSPS) is 14.0. The molecule has 0 atom stereocenters. The summed E-state index contributed by atoms with van der Waals surface area (Å²) < 4.78 is 5.26. The van der Waals surface area contributed by atoms with Gasteiger partial charge in [0.05, 0.1) is 12.8 Å². The summed E-state index contributed by atoms with van der Waals surface area (Å²) in [6.07, 6.45) is 7.56. The molecule has 1 aliphatic rings. The minimum absolute atomic E-state index is 0. The molecule has 2 aromatic rings. The van der Waals surface area contributed by atoms with Crippen LogP contribution in [-0.4, -0.2) is 42.5 Å². The van der Waals surface area contributed by atoms with Gasteiger partial charge >= 0.3 is 0 Å². The fraction of sp³-hybridized carbons (Fsp3) is 0.300. The van der Waals surface area contributed by atoms with Crippen LogP contribution in [-0.2, 0) is 4.79 Å². The Morgan fingerprint density at radius 2 is 2.21 bits per heavy atom. The van der Waals surface area contributed by atoms with Gasteiger partial charge in [-0.2, -0.15) is 0 Å². The molecule has 28 heavy (non-hydrogen) atoms. The molecule has 1 aromatic carbocycles. The highest BCUT2D eigenvalue weighted by molar-refractivity contribution is 7.14. The lowest BCUT2D eigenvalue weighted by Crippen LogP contribution is -2.29. The van der Waals surface area contributed by atoms with Gasteiger partial charge in [-0.1, -0.05) is 30.4 Å². The average Bonchev–Trinajstić information content (AvgIpc) is 3.10. The number of carbonyl (C=O) groups excluding carboxylic acids is 1. The van der Waals surface area contributed by atoms with Crippen molar-refractivity contribution >= 4 is 58.8 Å². The Morgan fingerprint density at radius 1 is 1.39 bits per heavy atom. The first-order valence-electron chi connectivity index (χ1n) is 8.59. The van der Waals surface area contributed by atoms with Crippen LogP contribution in [0.25, 0.3) is 11.6 Å². The van der Waals surface area contributed by atoms with Gasteiger partial charge in [-0.05, 0) is 29.7 Å². The number of ether oxygens (including phenoxy) is 1. The Hall–Kier alpha value is -1.86. The van der Waals surface area contributed by atoms with Crippen molar-refractivity contribution in [2.24, 2.45) is 0 Å². The highest BCUT2D eigenvalue weighted by atomic mass is 35.5. The number of aromatic nitrogens is 1. The molecule has 2 heterocycles. The summed E-state index contributed by atoms with van der Waals surface area (Å²) in [5.74, 6) is 0.779. The molecule has 0 bridgehead atoms. The summed E-state index contributed by atoms with van der Waals surface area (Å²) in [5, 5.41) is 5.41. The number of halogens is 2. The van der Waals surface area contributed by atoms with Crippen molar-refractivity contribution in [2.75, 3.05) is 32.1 Å². The molecule has 1 N–H and O–H groups in total. The van der Waals surface area contributed by atoms with Gasteiger partial charge in [0.1, 0.15) is 5.75 Å². The highest BCUT2D eigenvalue weighted by Gasteiger charge is 2.15. The van der Waals surface area contributed by atoms with Crippen LogP contribution >= 0.6 is 36.2 Å². The molecule has 5 nitrogen and oxygen atoms in total. The second-order valence-corrected chi connectivity index (χ2v) is 7.01. The van der Waals surface area contributed by atoms with Crippen LogP contribution in [0, 0.1) is 0 Å². The minimum atomic E-state index is -0.0900. The number of carbonyl (C=O) groups is 1. The van der Waals surface area contributed by atoms with Crippen LogP contribution in [0.15, 0.2) is 41.8 Å². The number of rotatable bonds is 6. The van der Waals surface area contributed by atoms with Crippen LogP contribution in [0.2, 0.25) is 0 Å². The molecule has 8 heteroatoms. The van der Waals surface area contributed by atoms with Crippen LogP contribution in [0.3, 0.4) is 0 Å². The van der Waals surface area contributed by atoms with Gasteiger partial charge in [-0.3, -0.25) is 9.69 Å². The Kier molecular flexibility index (Phi) is 10.2. The first-order chi connectivity index (χ1) is 12.6. The van der Waals surface area contributed by atoms with Crippen molar-refractivity contribution in [1.29, 1.82) is 0 Å². The van der Waals surface area contributed by atoms with E-state index in [-0.39, 0.29) is 30.7 Å². The summed E-state index contributed by atoms with van der Waals surface area (Å²) in [6, 6.07) is 8.04. The second kappa shape index (κ2) is 11.9. The second-order valence-electron chi connectivity index (χ2n) is 6.15. The van der Waals surface area contributed by atoms with Gasteiger partial charge < -0.3 is 10.1 Å². The van der Waals surface area contributed by atoms with E-state index in [1.54, 1.807) is 7.11 Å². The van der Waals surface area contributed by atoms with Crippen LogP contribution < -0.4 is 10.1 Å². The molecule has 0 saturated carbocycles. The van der Waals surface area contributed by atoms with E-state index in [9.17, 15) is 4.79 Å².